The molecule has 0 aliphatic heterocycles. The highest BCUT2D eigenvalue weighted by atomic mass is 32.2. The Kier molecular flexibility index (Phi) is 6.30. The molecule has 6 nitrogen and oxygen atoms in total. The molecule has 0 spiro atoms. The van der Waals surface area contributed by atoms with Crippen molar-refractivity contribution in [2.24, 2.45) is 0 Å². The zero-order chi connectivity index (χ0) is 18.7. The Balaban J connectivity index is 3.53. The largest absolute Gasteiger partial charge is 0.480 e. The first-order chi connectivity index (χ1) is 11.0. The summed E-state index contributed by atoms with van der Waals surface area (Å²) in [4.78, 5) is 26.2. The van der Waals surface area contributed by atoms with Crippen molar-refractivity contribution in [1.29, 1.82) is 0 Å². The maximum atomic E-state index is 12.4. The van der Waals surface area contributed by atoms with E-state index < -0.39 is 27.3 Å². The summed E-state index contributed by atoms with van der Waals surface area (Å²) in [6, 6.07) is 4.84. The summed E-state index contributed by atoms with van der Waals surface area (Å²) in [6.07, 6.45) is 1.10. The zero-order valence-corrected chi connectivity index (χ0v) is 15.6. The predicted molar refractivity (Wildman–Crippen MR) is 91.9 cm³/mol. The van der Waals surface area contributed by atoms with E-state index in [2.05, 4.69) is 0 Å². The molecule has 1 N–H and O–H groups in total. The third-order valence-corrected chi connectivity index (χ3v) is 5.70. The molecule has 2 unspecified atom stereocenters. The van der Waals surface area contributed by atoms with Gasteiger partial charge in [-0.2, -0.15) is 0 Å². The van der Waals surface area contributed by atoms with Gasteiger partial charge in [-0.1, -0.05) is 26.0 Å². The number of sulfone groups is 1. The number of ketones is 1. The van der Waals surface area contributed by atoms with Gasteiger partial charge in [-0.15, -0.1) is 0 Å². The molecule has 2 atom stereocenters. The van der Waals surface area contributed by atoms with E-state index >= 15 is 0 Å². The lowest BCUT2D eigenvalue weighted by Crippen LogP contribution is -2.57. The lowest BCUT2D eigenvalue weighted by atomic mass is 9.72. The van der Waals surface area contributed by atoms with Gasteiger partial charge in [0.2, 0.25) is 0 Å². The fourth-order valence-corrected chi connectivity index (χ4v) is 3.59. The van der Waals surface area contributed by atoms with E-state index in [-0.39, 0.29) is 10.7 Å². The third-order valence-electron chi connectivity index (χ3n) is 4.57. The molecule has 0 saturated carbocycles. The molecule has 7 heteroatoms. The Morgan fingerprint density at radius 3 is 1.92 bits per heavy atom. The molecule has 0 aliphatic rings. The van der Waals surface area contributed by atoms with E-state index in [9.17, 15) is 23.1 Å². The first-order valence-electron chi connectivity index (χ1n) is 7.78. The van der Waals surface area contributed by atoms with Crippen LogP contribution >= 0.6 is 0 Å². The van der Waals surface area contributed by atoms with Crippen molar-refractivity contribution in [3.8, 4) is 0 Å². The summed E-state index contributed by atoms with van der Waals surface area (Å²) in [5, 5.41) is 9.75. The van der Waals surface area contributed by atoms with Crippen molar-refractivity contribution in [1.82, 2.24) is 4.90 Å². The van der Waals surface area contributed by atoms with Gasteiger partial charge in [-0.25, -0.2) is 8.42 Å². The van der Waals surface area contributed by atoms with E-state index in [1.54, 1.807) is 11.8 Å². The van der Waals surface area contributed by atoms with Crippen molar-refractivity contribution >= 4 is 21.6 Å². The molecule has 1 rings (SSSR count). The highest BCUT2D eigenvalue weighted by molar-refractivity contribution is 7.90. The van der Waals surface area contributed by atoms with Crippen molar-refractivity contribution in [2.75, 3.05) is 19.3 Å². The molecule has 134 valence electrons. The number of carbonyl (C=O) groups excluding carboxylic acids is 1. The van der Waals surface area contributed by atoms with Crippen molar-refractivity contribution in [3.63, 3.8) is 0 Å². The second kappa shape index (κ2) is 7.44. The number of likely N-dealkylation sites (N-methyl/N-ethyl adjacent to an activating group) is 1. The molecular weight excluding hydrogens is 330 g/mol. The number of benzene rings is 1. The monoisotopic (exact) mass is 355 g/mol. The van der Waals surface area contributed by atoms with Crippen LogP contribution in [0.15, 0.2) is 29.2 Å². The molecule has 0 bridgehead atoms. The number of Topliss-reactive ketones (excluding diaryl/α,β-unsaturated/α-hetero) is 1. The smallest absolute Gasteiger partial charge is 0.322 e. The Hall–Kier alpha value is -1.73. The minimum Gasteiger partial charge on any atom is -0.480 e. The number of carboxylic acid groups (broad SMARTS) is 1. The normalized spacial score (nSPS) is 15.8. The highest BCUT2D eigenvalue weighted by Crippen LogP contribution is 2.33. The Labute approximate surface area is 143 Å². The molecule has 0 radical (unpaired) electrons. The summed E-state index contributed by atoms with van der Waals surface area (Å²) in [6.45, 7) is 7.61. The number of carboxylic acids is 1. The fourth-order valence-electron chi connectivity index (χ4n) is 2.96. The molecule has 24 heavy (non-hydrogen) atoms. The topological polar surface area (TPSA) is 91.8 Å². The molecule has 0 heterocycles. The standard InChI is InChI=1S/C17H25NO5S/c1-6-18(7-2)15(16(20)21)17(4,12(3)19)13-8-10-14(11-9-13)24(5,22)23/h8-11,15H,6-7H2,1-5H3,(H,20,21). The fraction of sp³-hybridized carbons (Fsp3) is 0.529. The molecule has 0 saturated heterocycles. The predicted octanol–water partition coefficient (Wildman–Crippen LogP) is 1.73. The summed E-state index contributed by atoms with van der Waals surface area (Å²) in [5.41, 5.74) is -0.796. The number of nitrogens with zero attached hydrogens (tertiary/aromatic N) is 1. The van der Waals surface area contributed by atoms with Gasteiger partial charge in [0.25, 0.3) is 0 Å². The highest BCUT2D eigenvalue weighted by Gasteiger charge is 2.47. The Morgan fingerprint density at radius 1 is 1.17 bits per heavy atom. The van der Waals surface area contributed by atoms with Gasteiger partial charge in [-0.05, 0) is 44.6 Å². The van der Waals surface area contributed by atoms with Crippen molar-refractivity contribution in [3.05, 3.63) is 29.8 Å². The van der Waals surface area contributed by atoms with Gasteiger partial charge < -0.3 is 5.11 Å². The SMILES string of the molecule is CCN(CC)C(C(=O)O)C(C)(C(C)=O)c1ccc(S(C)(=O)=O)cc1. The number of hydrogen-bond acceptors (Lipinski definition) is 5. The number of rotatable bonds is 8. The minimum absolute atomic E-state index is 0.131. The third kappa shape index (κ3) is 3.84. The summed E-state index contributed by atoms with van der Waals surface area (Å²) >= 11 is 0. The molecule has 0 fully saturated rings. The van der Waals surface area contributed by atoms with Crippen molar-refractivity contribution < 1.29 is 23.1 Å². The Morgan fingerprint density at radius 2 is 1.62 bits per heavy atom. The van der Waals surface area contributed by atoms with Gasteiger partial charge in [0.05, 0.1) is 10.3 Å². The van der Waals surface area contributed by atoms with Gasteiger partial charge in [0.15, 0.2) is 9.84 Å². The summed E-state index contributed by atoms with van der Waals surface area (Å²) in [5.74, 6) is -1.36. The van der Waals surface area contributed by atoms with E-state index in [1.807, 2.05) is 13.8 Å². The number of hydrogen-bond donors (Lipinski definition) is 1. The van der Waals surface area contributed by atoms with E-state index in [0.717, 1.165) is 6.26 Å². The summed E-state index contributed by atoms with van der Waals surface area (Å²) < 4.78 is 23.2. The van der Waals surface area contributed by atoms with Crippen LogP contribution in [0.25, 0.3) is 0 Å². The van der Waals surface area contributed by atoms with Crippen LogP contribution in [0.4, 0.5) is 0 Å². The molecule has 0 aliphatic carbocycles. The van der Waals surface area contributed by atoms with Gasteiger partial charge in [-0.3, -0.25) is 14.5 Å². The second-order valence-electron chi connectivity index (χ2n) is 6.02. The van der Waals surface area contributed by atoms with Crippen LogP contribution in [0.1, 0.15) is 33.3 Å². The average Bonchev–Trinajstić information content (AvgIpc) is 2.50. The van der Waals surface area contributed by atoms with Crippen LogP contribution in [-0.4, -0.2) is 55.6 Å². The van der Waals surface area contributed by atoms with Crippen LogP contribution in [0.5, 0.6) is 0 Å². The van der Waals surface area contributed by atoms with Crippen molar-refractivity contribution in [2.45, 2.75) is 44.0 Å². The van der Waals surface area contributed by atoms with Crippen LogP contribution in [0.3, 0.4) is 0 Å². The lowest BCUT2D eigenvalue weighted by molar-refractivity contribution is -0.149. The van der Waals surface area contributed by atoms with E-state index in [1.165, 1.54) is 31.2 Å². The van der Waals surface area contributed by atoms with Gasteiger partial charge >= 0.3 is 5.97 Å². The van der Waals surface area contributed by atoms with Gasteiger partial charge in [0, 0.05) is 6.26 Å². The first kappa shape index (κ1) is 20.3. The molecule has 1 aromatic rings. The number of aliphatic carboxylic acids is 1. The van der Waals surface area contributed by atoms with Crippen LogP contribution < -0.4 is 0 Å². The quantitative estimate of drug-likeness (QED) is 0.763. The maximum absolute atomic E-state index is 12.4. The van der Waals surface area contributed by atoms with Gasteiger partial charge in [0.1, 0.15) is 11.8 Å². The maximum Gasteiger partial charge on any atom is 0.322 e. The molecular formula is C17H25NO5S. The van der Waals surface area contributed by atoms with Crippen LogP contribution in [-0.2, 0) is 24.8 Å². The van der Waals surface area contributed by atoms with E-state index in [4.69, 9.17) is 0 Å². The first-order valence-corrected chi connectivity index (χ1v) is 9.67. The minimum atomic E-state index is -3.36. The average molecular weight is 355 g/mol. The second-order valence-corrected chi connectivity index (χ2v) is 8.03. The van der Waals surface area contributed by atoms with Crippen LogP contribution in [0.2, 0.25) is 0 Å². The zero-order valence-electron chi connectivity index (χ0n) is 14.7. The molecule has 1 aromatic carbocycles. The Bertz CT molecular complexity index is 707. The van der Waals surface area contributed by atoms with E-state index in [0.29, 0.717) is 18.7 Å². The lowest BCUT2D eigenvalue weighted by Gasteiger charge is -2.39. The number of carbonyl (C=O) groups is 2. The summed E-state index contributed by atoms with van der Waals surface area (Å²) in [7, 11) is -3.36. The molecule has 0 aromatic heterocycles. The molecule has 0 amide bonds. The van der Waals surface area contributed by atoms with Crippen LogP contribution in [0, 0.1) is 0 Å².